The Hall–Kier alpha value is -1.95. The van der Waals surface area contributed by atoms with Gasteiger partial charge in [-0.1, -0.05) is 12.1 Å². The van der Waals surface area contributed by atoms with Gasteiger partial charge in [0.1, 0.15) is 11.6 Å². The number of carbonyl (C=O) groups excluding carboxylic acids is 1. The van der Waals surface area contributed by atoms with Crippen LogP contribution in [-0.4, -0.2) is 27.5 Å². The van der Waals surface area contributed by atoms with Crippen molar-refractivity contribution in [1.29, 1.82) is 0 Å². The topological polar surface area (TPSA) is 56.1 Å². The Morgan fingerprint density at radius 1 is 1.45 bits per heavy atom. The highest BCUT2D eigenvalue weighted by molar-refractivity contribution is 8.00. The second-order valence-electron chi connectivity index (χ2n) is 5.55. The van der Waals surface area contributed by atoms with Gasteiger partial charge < -0.3 is 10.1 Å². The van der Waals surface area contributed by atoms with Gasteiger partial charge in [0.2, 0.25) is 5.91 Å². The summed E-state index contributed by atoms with van der Waals surface area (Å²) in [5.74, 6) is 2.05. The van der Waals surface area contributed by atoms with E-state index in [0.717, 1.165) is 22.7 Å². The minimum absolute atomic E-state index is 0.00642. The fraction of sp³-hybridized carbons (Fsp3) is 0.375. The number of anilines is 1. The number of carbonyl (C=O) groups is 1. The summed E-state index contributed by atoms with van der Waals surface area (Å²) in [5, 5.41) is 7.27. The third kappa shape index (κ3) is 2.97. The van der Waals surface area contributed by atoms with Crippen LogP contribution in [0.15, 0.2) is 30.5 Å². The fourth-order valence-corrected chi connectivity index (χ4v) is 3.60. The third-order valence-corrected chi connectivity index (χ3v) is 4.71. The number of amides is 1. The van der Waals surface area contributed by atoms with E-state index in [1.54, 1.807) is 16.4 Å². The summed E-state index contributed by atoms with van der Waals surface area (Å²) in [5.41, 5.74) is 2.15. The van der Waals surface area contributed by atoms with Crippen LogP contribution in [0.3, 0.4) is 0 Å². The predicted octanol–water partition coefficient (Wildman–Crippen LogP) is 2.98. The van der Waals surface area contributed by atoms with Crippen molar-refractivity contribution in [2.24, 2.45) is 7.05 Å². The normalized spacial score (nSPS) is 17.8. The zero-order valence-corrected chi connectivity index (χ0v) is 13.7. The van der Waals surface area contributed by atoms with Gasteiger partial charge in [-0.05, 0) is 31.5 Å². The number of rotatable bonds is 3. The highest BCUT2D eigenvalue weighted by Crippen LogP contribution is 2.41. The van der Waals surface area contributed by atoms with Gasteiger partial charge in [-0.3, -0.25) is 9.48 Å². The monoisotopic (exact) mass is 317 g/mol. The molecule has 1 N–H and O–H groups in total. The molecule has 0 aliphatic carbocycles. The minimum Gasteiger partial charge on any atom is -0.491 e. The maximum atomic E-state index is 11.9. The van der Waals surface area contributed by atoms with Crippen molar-refractivity contribution in [2.75, 3.05) is 11.1 Å². The lowest BCUT2D eigenvalue weighted by atomic mass is 10.1. The summed E-state index contributed by atoms with van der Waals surface area (Å²) in [4.78, 5) is 11.9. The molecule has 1 aliphatic rings. The van der Waals surface area contributed by atoms with E-state index in [1.807, 2.05) is 45.3 Å². The molecular formula is C16H19N3O2S. The smallest absolute Gasteiger partial charge is 0.235 e. The second-order valence-corrected chi connectivity index (χ2v) is 6.64. The van der Waals surface area contributed by atoms with Crippen molar-refractivity contribution in [3.63, 3.8) is 0 Å². The molecule has 5 nitrogen and oxygen atoms in total. The molecule has 6 heteroatoms. The number of fused-ring (bicyclic) bond motifs is 1. The summed E-state index contributed by atoms with van der Waals surface area (Å²) in [6.45, 7) is 4.02. The molecule has 0 fully saturated rings. The molecule has 1 aromatic heterocycles. The summed E-state index contributed by atoms with van der Waals surface area (Å²) in [6.07, 6.45) is 1.96. The highest BCUT2D eigenvalue weighted by atomic mass is 32.2. The van der Waals surface area contributed by atoms with Crippen molar-refractivity contribution < 1.29 is 9.53 Å². The largest absolute Gasteiger partial charge is 0.491 e. The number of ether oxygens (including phenoxy) is 1. The molecule has 0 spiro atoms. The number of aryl methyl sites for hydroxylation is 1. The Labute approximate surface area is 134 Å². The molecule has 0 saturated heterocycles. The lowest BCUT2D eigenvalue weighted by Gasteiger charge is -2.16. The molecule has 0 radical (unpaired) electrons. The number of nitrogens with one attached hydrogen (secondary N) is 1. The molecule has 0 bridgehead atoms. The second kappa shape index (κ2) is 6.04. The van der Waals surface area contributed by atoms with Gasteiger partial charge >= 0.3 is 0 Å². The number of thioether (sulfide) groups is 1. The lowest BCUT2D eigenvalue weighted by molar-refractivity contribution is -0.113. The van der Waals surface area contributed by atoms with Crippen LogP contribution in [0.1, 0.15) is 30.2 Å². The van der Waals surface area contributed by atoms with Gasteiger partial charge in [-0.15, -0.1) is 11.8 Å². The zero-order chi connectivity index (χ0) is 15.7. The molecule has 22 heavy (non-hydrogen) atoms. The molecule has 1 atom stereocenters. The zero-order valence-electron chi connectivity index (χ0n) is 12.9. The van der Waals surface area contributed by atoms with Gasteiger partial charge in [0.05, 0.1) is 23.3 Å². The number of nitrogens with zero attached hydrogens (tertiary/aromatic N) is 2. The van der Waals surface area contributed by atoms with Crippen molar-refractivity contribution in [3.8, 4) is 5.75 Å². The van der Waals surface area contributed by atoms with Crippen LogP contribution in [0.4, 0.5) is 5.82 Å². The molecule has 0 unspecified atom stereocenters. The molecule has 1 aromatic carbocycles. The summed E-state index contributed by atoms with van der Waals surface area (Å²) in [6, 6.07) is 8.06. The molecular weight excluding hydrogens is 298 g/mol. The van der Waals surface area contributed by atoms with Gasteiger partial charge in [0.15, 0.2) is 0 Å². The van der Waals surface area contributed by atoms with Crippen molar-refractivity contribution >= 4 is 23.5 Å². The van der Waals surface area contributed by atoms with E-state index in [-0.39, 0.29) is 17.3 Å². The fourth-order valence-electron chi connectivity index (χ4n) is 2.52. The van der Waals surface area contributed by atoms with Gasteiger partial charge in [-0.2, -0.15) is 5.10 Å². The first-order valence-corrected chi connectivity index (χ1v) is 8.29. The third-order valence-electron chi connectivity index (χ3n) is 3.42. The predicted molar refractivity (Wildman–Crippen MR) is 88.3 cm³/mol. The summed E-state index contributed by atoms with van der Waals surface area (Å²) in [7, 11) is 1.84. The van der Waals surface area contributed by atoms with E-state index in [2.05, 4.69) is 16.5 Å². The Morgan fingerprint density at radius 3 is 3.05 bits per heavy atom. The van der Waals surface area contributed by atoms with Gasteiger partial charge in [-0.25, -0.2) is 0 Å². The standard InChI is InChI=1S/C16H19N3O2S/c1-10(2)21-12-6-4-5-11(7-12)15-13-8-17-19(3)16(13)18-14(20)9-22-15/h4-8,10,15H,9H2,1-3H3,(H,18,20)/t15-/m1/s1. The average molecular weight is 317 g/mol. The molecule has 2 heterocycles. The maximum Gasteiger partial charge on any atom is 0.235 e. The molecule has 2 aromatic rings. The average Bonchev–Trinajstić information content (AvgIpc) is 2.72. The quantitative estimate of drug-likeness (QED) is 0.945. The number of benzene rings is 1. The molecule has 3 rings (SSSR count). The number of hydrogen-bond donors (Lipinski definition) is 1. The molecule has 116 valence electrons. The summed E-state index contributed by atoms with van der Waals surface area (Å²) < 4.78 is 7.49. The minimum atomic E-state index is 0.00642. The van der Waals surface area contributed by atoms with E-state index in [1.165, 1.54) is 0 Å². The van der Waals surface area contributed by atoms with Crippen molar-refractivity contribution in [3.05, 3.63) is 41.6 Å². The number of aromatic nitrogens is 2. The van der Waals surface area contributed by atoms with Crippen LogP contribution in [0.25, 0.3) is 0 Å². The van der Waals surface area contributed by atoms with E-state index >= 15 is 0 Å². The Bertz CT molecular complexity index is 696. The molecule has 1 amide bonds. The van der Waals surface area contributed by atoms with Crippen LogP contribution in [0.5, 0.6) is 5.75 Å². The Balaban J connectivity index is 1.99. The first-order valence-electron chi connectivity index (χ1n) is 7.24. The number of hydrogen-bond acceptors (Lipinski definition) is 4. The lowest BCUT2D eigenvalue weighted by Crippen LogP contribution is -2.15. The van der Waals surface area contributed by atoms with E-state index < -0.39 is 0 Å². The van der Waals surface area contributed by atoms with Crippen LogP contribution in [-0.2, 0) is 11.8 Å². The van der Waals surface area contributed by atoms with Gasteiger partial charge in [0.25, 0.3) is 0 Å². The molecule has 1 aliphatic heterocycles. The van der Waals surface area contributed by atoms with Crippen LogP contribution >= 0.6 is 11.8 Å². The summed E-state index contributed by atoms with van der Waals surface area (Å²) >= 11 is 1.61. The first kappa shape index (κ1) is 15.0. The van der Waals surface area contributed by atoms with Crippen LogP contribution in [0.2, 0.25) is 0 Å². The Kier molecular flexibility index (Phi) is 4.11. The van der Waals surface area contributed by atoms with Crippen LogP contribution in [0, 0.1) is 0 Å². The highest BCUT2D eigenvalue weighted by Gasteiger charge is 2.27. The molecule has 0 saturated carbocycles. The first-order chi connectivity index (χ1) is 10.5. The Morgan fingerprint density at radius 2 is 2.27 bits per heavy atom. The van der Waals surface area contributed by atoms with E-state index in [9.17, 15) is 4.79 Å². The SMILES string of the molecule is CC(C)Oc1cccc([C@H]2SCC(=O)Nc3c2cnn3C)c1. The van der Waals surface area contributed by atoms with E-state index in [0.29, 0.717) is 5.75 Å². The van der Waals surface area contributed by atoms with Gasteiger partial charge in [0, 0.05) is 12.6 Å². The maximum absolute atomic E-state index is 11.9. The van der Waals surface area contributed by atoms with Crippen molar-refractivity contribution in [1.82, 2.24) is 9.78 Å². The van der Waals surface area contributed by atoms with Crippen LogP contribution < -0.4 is 10.1 Å². The van der Waals surface area contributed by atoms with Crippen molar-refractivity contribution in [2.45, 2.75) is 25.2 Å². The van der Waals surface area contributed by atoms with E-state index in [4.69, 9.17) is 4.74 Å².